The number of carbonyl (C=O) groups is 1. The van der Waals surface area contributed by atoms with Crippen LogP contribution < -0.4 is 5.73 Å². The summed E-state index contributed by atoms with van der Waals surface area (Å²) in [4.78, 5) is 11.2. The van der Waals surface area contributed by atoms with Crippen LogP contribution in [-0.2, 0) is 0 Å². The van der Waals surface area contributed by atoms with E-state index in [4.69, 9.17) is 15.9 Å². The molecule has 0 saturated carbocycles. The van der Waals surface area contributed by atoms with Crippen molar-refractivity contribution < 1.29 is 19.4 Å². The summed E-state index contributed by atoms with van der Waals surface area (Å²) in [6, 6.07) is 1.88. The van der Waals surface area contributed by atoms with Crippen LogP contribution in [0.4, 0.5) is 4.39 Å². The molecule has 0 aliphatic carbocycles. The Morgan fingerprint density at radius 1 is 1.43 bits per heavy atom. The third-order valence-electron chi connectivity index (χ3n) is 1.74. The Morgan fingerprint density at radius 3 is 2.57 bits per heavy atom. The molecule has 4 nitrogen and oxygen atoms in total. The molecule has 14 heavy (non-hydrogen) atoms. The van der Waals surface area contributed by atoms with Gasteiger partial charge in [0.1, 0.15) is 0 Å². The molecule has 0 atom stereocenters. The van der Waals surface area contributed by atoms with E-state index in [0.717, 1.165) is 12.1 Å². The minimum atomic E-state index is -1.02. The van der Waals surface area contributed by atoms with Crippen molar-refractivity contribution in [2.45, 2.75) is 6.42 Å². The fraction of sp³-hybridized carbons (Fsp3) is 0.222. The minimum absolute atomic E-state index is 0.00301. The molecule has 0 spiro atoms. The van der Waals surface area contributed by atoms with Crippen molar-refractivity contribution in [2.24, 2.45) is 5.73 Å². The van der Waals surface area contributed by atoms with Crippen LogP contribution in [0.3, 0.4) is 0 Å². The zero-order chi connectivity index (χ0) is 10.7. The van der Waals surface area contributed by atoms with Gasteiger partial charge in [0, 0.05) is 12.0 Å². The van der Waals surface area contributed by atoms with Crippen molar-refractivity contribution in [3.63, 3.8) is 0 Å². The Morgan fingerprint density at radius 2 is 2.07 bits per heavy atom. The van der Waals surface area contributed by atoms with Gasteiger partial charge in [-0.15, -0.1) is 0 Å². The van der Waals surface area contributed by atoms with E-state index in [1.54, 1.807) is 0 Å². The minimum Gasteiger partial charge on any atom is -0.504 e. The maximum Gasteiger partial charge on any atom is 0.194 e. The lowest BCUT2D eigenvalue weighted by Crippen LogP contribution is -2.08. The molecule has 0 bridgehead atoms. The number of phenols is 2. The molecular weight excluding hydrogens is 189 g/mol. The molecule has 76 valence electrons. The molecule has 0 amide bonds. The standard InChI is InChI=1S/C9H10FNO3/c10-6-3-5(7(12)1-2-11)4-8(13)9(6)14/h3-4,13-14H,1-2,11H2. The Bertz CT molecular complexity index is 342. The molecule has 1 rings (SSSR count). The zero-order valence-corrected chi connectivity index (χ0v) is 7.33. The van der Waals surface area contributed by atoms with Crippen molar-refractivity contribution in [3.8, 4) is 11.5 Å². The van der Waals surface area contributed by atoms with Crippen LogP contribution >= 0.6 is 0 Å². The molecule has 5 heteroatoms. The van der Waals surface area contributed by atoms with Crippen molar-refractivity contribution in [2.75, 3.05) is 6.54 Å². The summed E-state index contributed by atoms with van der Waals surface area (Å²) in [5.74, 6) is -2.90. The van der Waals surface area contributed by atoms with Crippen molar-refractivity contribution in [1.29, 1.82) is 0 Å². The van der Waals surface area contributed by atoms with Gasteiger partial charge < -0.3 is 15.9 Å². The molecule has 0 unspecified atom stereocenters. The monoisotopic (exact) mass is 199 g/mol. The van der Waals surface area contributed by atoms with Crippen LogP contribution in [0, 0.1) is 5.82 Å². The maximum absolute atomic E-state index is 12.8. The quantitative estimate of drug-likeness (QED) is 0.496. The zero-order valence-electron chi connectivity index (χ0n) is 7.33. The largest absolute Gasteiger partial charge is 0.504 e. The van der Waals surface area contributed by atoms with Crippen molar-refractivity contribution in [1.82, 2.24) is 0 Å². The van der Waals surface area contributed by atoms with Gasteiger partial charge in [-0.1, -0.05) is 0 Å². The van der Waals surface area contributed by atoms with Gasteiger partial charge >= 0.3 is 0 Å². The van der Waals surface area contributed by atoms with Crippen LogP contribution in [0.1, 0.15) is 16.8 Å². The Hall–Kier alpha value is -1.62. The second-order valence-electron chi connectivity index (χ2n) is 2.79. The highest BCUT2D eigenvalue weighted by Crippen LogP contribution is 2.29. The number of aromatic hydroxyl groups is 2. The normalized spacial score (nSPS) is 10.1. The van der Waals surface area contributed by atoms with Gasteiger partial charge in [0.15, 0.2) is 23.1 Å². The molecule has 0 heterocycles. The van der Waals surface area contributed by atoms with Gasteiger partial charge in [0.25, 0.3) is 0 Å². The van der Waals surface area contributed by atoms with E-state index in [1.165, 1.54) is 0 Å². The number of hydrogen-bond acceptors (Lipinski definition) is 4. The SMILES string of the molecule is NCCC(=O)c1cc(O)c(O)c(F)c1. The molecule has 4 N–H and O–H groups in total. The summed E-state index contributed by atoms with van der Waals surface area (Å²) < 4.78 is 12.8. The number of nitrogens with two attached hydrogens (primary N) is 1. The average molecular weight is 199 g/mol. The molecule has 0 aromatic heterocycles. The summed E-state index contributed by atoms with van der Waals surface area (Å²) in [5, 5.41) is 17.9. The van der Waals surface area contributed by atoms with Crippen molar-refractivity contribution >= 4 is 5.78 Å². The topological polar surface area (TPSA) is 83.6 Å². The van der Waals surface area contributed by atoms with Gasteiger partial charge in [-0.3, -0.25) is 4.79 Å². The van der Waals surface area contributed by atoms with Crippen LogP contribution in [0.2, 0.25) is 0 Å². The fourth-order valence-electron chi connectivity index (χ4n) is 1.02. The van der Waals surface area contributed by atoms with Crippen LogP contribution in [0.25, 0.3) is 0 Å². The first kappa shape index (κ1) is 10.5. The van der Waals surface area contributed by atoms with E-state index in [0.29, 0.717) is 0 Å². The molecule has 0 aliphatic heterocycles. The van der Waals surface area contributed by atoms with E-state index < -0.39 is 17.3 Å². The summed E-state index contributed by atoms with van der Waals surface area (Å²) in [5.41, 5.74) is 5.15. The highest BCUT2D eigenvalue weighted by atomic mass is 19.1. The lowest BCUT2D eigenvalue weighted by atomic mass is 10.1. The van der Waals surface area contributed by atoms with E-state index in [1.807, 2.05) is 0 Å². The van der Waals surface area contributed by atoms with Crippen molar-refractivity contribution in [3.05, 3.63) is 23.5 Å². The predicted molar refractivity (Wildman–Crippen MR) is 47.7 cm³/mol. The Kier molecular flexibility index (Phi) is 3.03. The first-order chi connectivity index (χ1) is 6.56. The number of carbonyl (C=O) groups excluding carboxylic acids is 1. The predicted octanol–water partition coefficient (Wildman–Crippen LogP) is 0.768. The second kappa shape index (κ2) is 4.06. The summed E-state index contributed by atoms with van der Waals surface area (Å²) >= 11 is 0. The number of benzene rings is 1. The Labute approximate surface area is 79.8 Å². The number of halogens is 1. The number of Topliss-reactive ketones (excluding diaryl/α,β-unsaturated/α-hetero) is 1. The highest BCUT2D eigenvalue weighted by Gasteiger charge is 2.12. The maximum atomic E-state index is 12.8. The third kappa shape index (κ3) is 2.00. The van der Waals surface area contributed by atoms with Gasteiger partial charge in [0.05, 0.1) is 0 Å². The van der Waals surface area contributed by atoms with E-state index in [9.17, 15) is 9.18 Å². The number of hydrogen-bond donors (Lipinski definition) is 3. The average Bonchev–Trinajstić information content (AvgIpc) is 2.13. The van der Waals surface area contributed by atoms with Gasteiger partial charge in [-0.2, -0.15) is 0 Å². The van der Waals surface area contributed by atoms with Gasteiger partial charge in [-0.05, 0) is 18.7 Å². The third-order valence-corrected chi connectivity index (χ3v) is 1.74. The van der Waals surface area contributed by atoms with E-state index in [-0.39, 0.29) is 24.3 Å². The summed E-state index contributed by atoms with van der Waals surface area (Å²) in [6.45, 7) is 0.155. The summed E-state index contributed by atoms with van der Waals surface area (Å²) in [6.07, 6.45) is 0.0731. The lowest BCUT2D eigenvalue weighted by molar-refractivity contribution is 0.0984. The molecule has 0 fully saturated rings. The fourth-order valence-corrected chi connectivity index (χ4v) is 1.02. The van der Waals surface area contributed by atoms with Gasteiger partial charge in [-0.25, -0.2) is 4.39 Å². The first-order valence-corrected chi connectivity index (χ1v) is 4.01. The summed E-state index contributed by atoms with van der Waals surface area (Å²) in [7, 11) is 0. The van der Waals surface area contributed by atoms with E-state index in [2.05, 4.69) is 0 Å². The second-order valence-corrected chi connectivity index (χ2v) is 2.79. The number of rotatable bonds is 3. The molecule has 0 radical (unpaired) electrons. The molecule has 1 aromatic rings. The highest BCUT2D eigenvalue weighted by molar-refractivity contribution is 5.96. The lowest BCUT2D eigenvalue weighted by Gasteiger charge is -2.03. The molecule has 0 aliphatic rings. The van der Waals surface area contributed by atoms with Crippen LogP contribution in [-0.4, -0.2) is 22.5 Å². The smallest absolute Gasteiger partial charge is 0.194 e. The van der Waals surface area contributed by atoms with E-state index >= 15 is 0 Å². The van der Waals surface area contributed by atoms with Crippen LogP contribution in [0.15, 0.2) is 12.1 Å². The number of phenolic OH excluding ortho intramolecular Hbond substituents is 2. The number of ketones is 1. The Balaban J connectivity index is 3.06. The first-order valence-electron chi connectivity index (χ1n) is 4.01. The van der Waals surface area contributed by atoms with Gasteiger partial charge in [0.2, 0.25) is 0 Å². The molecule has 0 saturated heterocycles. The van der Waals surface area contributed by atoms with Crippen LogP contribution in [0.5, 0.6) is 11.5 Å². The molecular formula is C9H10FNO3. The molecule has 1 aromatic carbocycles.